The maximum absolute atomic E-state index is 12.0. The number of aryl methyl sites for hydroxylation is 1. The van der Waals surface area contributed by atoms with Crippen LogP contribution in [0.15, 0.2) is 6.20 Å². The molecule has 2 aliphatic rings. The van der Waals surface area contributed by atoms with Gasteiger partial charge in [-0.1, -0.05) is 12.1 Å². The highest BCUT2D eigenvalue weighted by atomic mass is 31.2. The Hall–Kier alpha value is -1.34. The highest BCUT2D eigenvalue weighted by molar-refractivity contribution is 7.47. The van der Waals surface area contributed by atoms with Gasteiger partial charge in [0.1, 0.15) is 32.2 Å². The quantitative estimate of drug-likeness (QED) is 0.339. The van der Waals surface area contributed by atoms with Crippen LogP contribution < -0.4 is 5.32 Å². The summed E-state index contributed by atoms with van der Waals surface area (Å²) in [4.78, 5) is 21.6. The summed E-state index contributed by atoms with van der Waals surface area (Å²) in [6.45, 7) is 6.56. The number of amides is 1. The molecular formula is C17H30BN4O8P. The molecule has 2 unspecified atom stereocenters. The van der Waals surface area contributed by atoms with E-state index in [9.17, 15) is 19.4 Å². The van der Waals surface area contributed by atoms with E-state index in [0.29, 0.717) is 6.42 Å². The fraction of sp³-hybridized carbons (Fsp3) is 0.824. The lowest BCUT2D eigenvalue weighted by molar-refractivity contribution is -0.282. The molecule has 0 saturated carbocycles. The van der Waals surface area contributed by atoms with Crippen molar-refractivity contribution in [3.05, 3.63) is 11.9 Å². The Balaban J connectivity index is 1.82. The number of hydrogen-bond donors (Lipinski definition) is 3. The summed E-state index contributed by atoms with van der Waals surface area (Å²) in [6.07, 6.45) is -1.74. The Kier molecular flexibility index (Phi) is 6.70. The molecule has 12 nitrogen and oxygen atoms in total. The topological polar surface area (TPSA) is 154 Å². The van der Waals surface area contributed by atoms with Crippen molar-refractivity contribution < 1.29 is 37.9 Å². The Labute approximate surface area is 181 Å². The second-order valence-electron chi connectivity index (χ2n) is 9.28. The van der Waals surface area contributed by atoms with Gasteiger partial charge >= 0.3 is 7.82 Å². The highest BCUT2D eigenvalue weighted by Gasteiger charge is 2.58. The zero-order chi connectivity index (χ0) is 23.2. The number of hydrogen-bond acceptors (Lipinski definition) is 9. The predicted molar refractivity (Wildman–Crippen MR) is 110 cm³/mol. The Morgan fingerprint density at radius 2 is 2.03 bits per heavy atom. The first kappa shape index (κ1) is 24.3. The molecule has 1 aromatic heterocycles. The molecular weight excluding hydrogens is 430 g/mol. The van der Waals surface area contributed by atoms with E-state index >= 15 is 0 Å². The summed E-state index contributed by atoms with van der Waals surface area (Å²) in [5.74, 6) is -0.399. The van der Waals surface area contributed by atoms with Crippen LogP contribution in [-0.4, -0.2) is 81.6 Å². The van der Waals surface area contributed by atoms with Crippen LogP contribution in [-0.2, 0) is 40.2 Å². The monoisotopic (exact) mass is 460 g/mol. The number of carbonyl (C=O) groups excluding carboxylic acids is 1. The lowest BCUT2D eigenvalue weighted by atomic mass is 9.63. The molecule has 7 atom stereocenters. The number of phosphoric ester groups is 1. The summed E-state index contributed by atoms with van der Waals surface area (Å²) in [7, 11) is -0.544. The Morgan fingerprint density at radius 1 is 1.39 bits per heavy atom. The van der Waals surface area contributed by atoms with E-state index in [2.05, 4.69) is 15.6 Å². The highest BCUT2D eigenvalue weighted by Crippen LogP contribution is 2.56. The molecule has 2 aliphatic heterocycles. The van der Waals surface area contributed by atoms with Crippen LogP contribution in [0.3, 0.4) is 0 Å². The number of carbonyl (C=O) groups is 1. The molecule has 31 heavy (non-hydrogen) atoms. The minimum absolute atomic E-state index is 0.399. The third-order valence-electron chi connectivity index (χ3n) is 5.30. The zero-order valence-electron chi connectivity index (χ0n) is 18.5. The van der Waals surface area contributed by atoms with Crippen molar-refractivity contribution in [3.8, 4) is 0 Å². The van der Waals surface area contributed by atoms with Gasteiger partial charge < -0.3 is 24.8 Å². The SMILES string of the molecule is BC(C)(CC(C)(C)O[C@@H]1O[C@H](CO)[C@@H]2OP(=O)(O)O[C@@H]2[C@H]1NC(C)=O)c1cn(C)nn1. The average Bonchev–Trinajstić information content (AvgIpc) is 3.18. The van der Waals surface area contributed by atoms with Crippen molar-refractivity contribution in [1.29, 1.82) is 0 Å². The third-order valence-corrected chi connectivity index (χ3v) is 6.32. The smallest absolute Gasteiger partial charge is 0.394 e. The van der Waals surface area contributed by atoms with Crippen LogP contribution in [0.5, 0.6) is 0 Å². The molecule has 14 heteroatoms. The molecule has 3 rings (SSSR count). The molecule has 0 spiro atoms. The van der Waals surface area contributed by atoms with E-state index < -0.39 is 61.9 Å². The van der Waals surface area contributed by atoms with E-state index in [-0.39, 0.29) is 0 Å². The van der Waals surface area contributed by atoms with Gasteiger partial charge in [-0.25, -0.2) is 4.57 Å². The van der Waals surface area contributed by atoms with Crippen molar-refractivity contribution >= 4 is 21.6 Å². The van der Waals surface area contributed by atoms with Gasteiger partial charge in [0.05, 0.1) is 17.9 Å². The number of aliphatic hydroxyl groups is 1. The van der Waals surface area contributed by atoms with Gasteiger partial charge in [0.2, 0.25) is 5.91 Å². The average molecular weight is 460 g/mol. The first-order valence-corrected chi connectivity index (χ1v) is 11.5. The van der Waals surface area contributed by atoms with Crippen molar-refractivity contribution in [2.75, 3.05) is 6.61 Å². The normalized spacial score (nSPS) is 35.4. The fourth-order valence-electron chi connectivity index (χ4n) is 4.29. The standard InChI is InChI=1S/C17H30BN4O8P/c1-9(24)19-12-14-13(29-31(25,26)30-14)10(7-23)27-15(12)28-16(2,3)8-17(4,18)11-6-22(5)21-20-11/h6,10,12-15,23H,7-8,18H2,1-5H3,(H,19,24)(H,25,26)/t10-,12-,13+,14-,15+,17?/m1/s1. The summed E-state index contributed by atoms with van der Waals surface area (Å²) >= 11 is 0. The van der Waals surface area contributed by atoms with Crippen molar-refractivity contribution in [1.82, 2.24) is 20.3 Å². The number of fused-ring (bicyclic) bond motifs is 1. The van der Waals surface area contributed by atoms with Crippen molar-refractivity contribution in [2.45, 2.75) is 75.7 Å². The molecule has 3 N–H and O–H groups in total. The van der Waals surface area contributed by atoms with Crippen LogP contribution in [0.25, 0.3) is 0 Å². The number of nitrogens with one attached hydrogen (secondary N) is 1. The molecule has 3 heterocycles. The molecule has 0 radical (unpaired) electrons. The Bertz CT molecular complexity index is 865. The predicted octanol–water partition coefficient (Wildman–Crippen LogP) is -1.04. The van der Waals surface area contributed by atoms with Crippen LogP contribution in [0, 0.1) is 0 Å². The maximum atomic E-state index is 12.0. The van der Waals surface area contributed by atoms with Gasteiger partial charge in [-0.05, 0) is 25.6 Å². The minimum atomic E-state index is -4.34. The fourth-order valence-corrected chi connectivity index (χ4v) is 5.46. The van der Waals surface area contributed by atoms with Crippen molar-refractivity contribution in [3.63, 3.8) is 0 Å². The number of aromatic nitrogens is 3. The summed E-state index contributed by atoms with van der Waals surface area (Å²) in [5, 5.41) is 20.2. The summed E-state index contributed by atoms with van der Waals surface area (Å²) in [5.41, 5.74) is 0.00847. The zero-order valence-corrected chi connectivity index (χ0v) is 19.4. The first-order chi connectivity index (χ1) is 14.2. The van der Waals surface area contributed by atoms with E-state index in [0.717, 1.165) is 5.69 Å². The minimum Gasteiger partial charge on any atom is -0.394 e. The number of nitrogens with zero attached hydrogens (tertiary/aromatic N) is 3. The van der Waals surface area contributed by atoms with Gasteiger partial charge in [-0.2, -0.15) is 0 Å². The molecule has 1 aromatic rings. The van der Waals surface area contributed by atoms with Crippen molar-refractivity contribution in [2.24, 2.45) is 7.05 Å². The van der Waals surface area contributed by atoms with E-state index in [1.807, 2.05) is 34.8 Å². The van der Waals surface area contributed by atoms with Gasteiger partial charge in [0.15, 0.2) is 6.29 Å². The molecule has 2 fully saturated rings. The molecule has 174 valence electrons. The molecule has 0 aliphatic carbocycles. The number of phosphoric acid groups is 1. The van der Waals surface area contributed by atoms with Gasteiger partial charge in [-0.15, -0.1) is 5.10 Å². The summed E-state index contributed by atoms with van der Waals surface area (Å²) in [6, 6.07) is -0.924. The second-order valence-corrected chi connectivity index (χ2v) is 10.6. The second kappa shape index (κ2) is 8.55. The van der Waals surface area contributed by atoms with Crippen LogP contribution in [0.4, 0.5) is 0 Å². The molecule has 0 aromatic carbocycles. The maximum Gasteiger partial charge on any atom is 0.473 e. The van der Waals surface area contributed by atoms with Crippen LogP contribution >= 0.6 is 7.82 Å². The lowest BCUT2D eigenvalue weighted by Crippen LogP contribution is -2.64. The first-order valence-electron chi connectivity index (χ1n) is 10.0. The number of ether oxygens (including phenoxy) is 2. The van der Waals surface area contributed by atoms with E-state index in [1.165, 1.54) is 6.92 Å². The van der Waals surface area contributed by atoms with Gasteiger partial charge in [-0.3, -0.25) is 18.5 Å². The molecule has 0 bridgehead atoms. The van der Waals surface area contributed by atoms with Crippen LogP contribution in [0.1, 0.15) is 39.8 Å². The largest absolute Gasteiger partial charge is 0.473 e. The van der Waals surface area contributed by atoms with Crippen LogP contribution in [0.2, 0.25) is 0 Å². The van der Waals surface area contributed by atoms with Gasteiger partial charge in [0.25, 0.3) is 0 Å². The van der Waals surface area contributed by atoms with Gasteiger partial charge in [0, 0.05) is 20.2 Å². The Morgan fingerprint density at radius 3 is 2.58 bits per heavy atom. The number of aliphatic hydroxyl groups excluding tert-OH is 1. The van der Waals surface area contributed by atoms with E-state index in [1.54, 1.807) is 11.7 Å². The van der Waals surface area contributed by atoms with E-state index in [4.69, 9.17) is 18.5 Å². The summed E-state index contributed by atoms with van der Waals surface area (Å²) < 4.78 is 36.0. The number of rotatable bonds is 7. The third kappa shape index (κ3) is 5.54. The lowest BCUT2D eigenvalue weighted by Gasteiger charge is -2.45. The molecule has 1 amide bonds. The molecule has 2 saturated heterocycles.